The van der Waals surface area contributed by atoms with Crippen molar-refractivity contribution in [3.8, 4) is 0 Å². The summed E-state index contributed by atoms with van der Waals surface area (Å²) >= 11 is 0. The van der Waals surface area contributed by atoms with Gasteiger partial charge in [0.2, 0.25) is 0 Å². The second-order valence-electron chi connectivity index (χ2n) is 5.65. The van der Waals surface area contributed by atoms with Crippen molar-refractivity contribution < 1.29 is 20.0 Å². The van der Waals surface area contributed by atoms with Crippen LogP contribution in [0.3, 0.4) is 0 Å². The molecule has 0 aliphatic heterocycles. The number of carboxylic acid groups (broad SMARTS) is 1. The molecule has 0 bridgehead atoms. The van der Waals surface area contributed by atoms with E-state index in [1.54, 1.807) is 6.08 Å². The van der Waals surface area contributed by atoms with E-state index in [0.29, 0.717) is 12.8 Å². The van der Waals surface area contributed by atoms with E-state index in [-0.39, 0.29) is 6.42 Å². The van der Waals surface area contributed by atoms with Gasteiger partial charge >= 0.3 is 5.97 Å². The highest BCUT2D eigenvalue weighted by atomic mass is 17.1. The van der Waals surface area contributed by atoms with Crippen molar-refractivity contribution in [3.63, 3.8) is 0 Å². The number of unbranched alkanes of at least 4 members (excludes halogenated alkanes) is 3. The van der Waals surface area contributed by atoms with Crippen LogP contribution in [0.4, 0.5) is 0 Å². The minimum Gasteiger partial charge on any atom is -0.481 e. The number of carbonyl (C=O) groups is 1. The summed E-state index contributed by atoms with van der Waals surface area (Å²) in [5, 5.41) is 17.3. The number of rotatable bonds is 15. The lowest BCUT2D eigenvalue weighted by Gasteiger charge is -2.06. The van der Waals surface area contributed by atoms with E-state index in [9.17, 15) is 4.79 Å². The maximum atomic E-state index is 10.4. The van der Waals surface area contributed by atoms with Crippen molar-refractivity contribution in [3.05, 3.63) is 48.6 Å². The van der Waals surface area contributed by atoms with Gasteiger partial charge in [-0.3, -0.25) is 10.1 Å². The Balaban J connectivity index is 3.74. The number of hydrogen-bond acceptors (Lipinski definition) is 3. The normalized spacial score (nSPS) is 13.8. The van der Waals surface area contributed by atoms with Gasteiger partial charge in [0.05, 0.1) is 0 Å². The van der Waals surface area contributed by atoms with E-state index in [0.717, 1.165) is 12.8 Å². The molecule has 0 saturated carbocycles. The summed E-state index contributed by atoms with van der Waals surface area (Å²) in [7, 11) is 0. The third kappa shape index (κ3) is 16.7. The lowest BCUT2D eigenvalue weighted by molar-refractivity contribution is -0.267. The zero-order valence-corrected chi connectivity index (χ0v) is 14.8. The first-order valence-corrected chi connectivity index (χ1v) is 8.86. The van der Waals surface area contributed by atoms with Gasteiger partial charge in [-0.1, -0.05) is 68.4 Å². The third-order valence-electron chi connectivity index (χ3n) is 3.44. The third-order valence-corrected chi connectivity index (χ3v) is 3.44. The van der Waals surface area contributed by atoms with Crippen molar-refractivity contribution in [2.24, 2.45) is 0 Å². The van der Waals surface area contributed by atoms with E-state index >= 15 is 0 Å². The van der Waals surface area contributed by atoms with Gasteiger partial charge < -0.3 is 5.11 Å². The summed E-state index contributed by atoms with van der Waals surface area (Å²) in [5.41, 5.74) is 0. The molecular formula is C20H32O4. The average Bonchev–Trinajstić information content (AvgIpc) is 2.57. The highest BCUT2D eigenvalue weighted by Crippen LogP contribution is 2.06. The summed E-state index contributed by atoms with van der Waals surface area (Å²) in [5.74, 6) is -0.835. The topological polar surface area (TPSA) is 66.8 Å². The average molecular weight is 336 g/mol. The Morgan fingerprint density at radius 2 is 1.71 bits per heavy atom. The molecule has 4 heteroatoms. The highest BCUT2D eigenvalue weighted by molar-refractivity contribution is 5.66. The molecule has 0 spiro atoms. The van der Waals surface area contributed by atoms with E-state index in [2.05, 4.69) is 36.1 Å². The highest BCUT2D eigenvalue weighted by Gasteiger charge is 2.05. The van der Waals surface area contributed by atoms with Crippen molar-refractivity contribution in [1.29, 1.82) is 0 Å². The summed E-state index contributed by atoms with van der Waals surface area (Å²) in [6.45, 7) is 2.21. The molecule has 2 N–H and O–H groups in total. The summed E-state index contributed by atoms with van der Waals surface area (Å²) in [6.07, 6.45) is 23.6. The van der Waals surface area contributed by atoms with Crippen LogP contribution in [-0.4, -0.2) is 22.4 Å². The van der Waals surface area contributed by atoms with Gasteiger partial charge in [-0.25, -0.2) is 4.89 Å². The van der Waals surface area contributed by atoms with Crippen LogP contribution in [0.2, 0.25) is 0 Å². The molecular weight excluding hydrogens is 304 g/mol. The zero-order valence-electron chi connectivity index (χ0n) is 14.8. The van der Waals surface area contributed by atoms with Gasteiger partial charge in [-0.15, -0.1) is 0 Å². The maximum absolute atomic E-state index is 10.4. The minimum absolute atomic E-state index is 0.0847. The molecule has 0 aromatic carbocycles. The molecule has 0 fully saturated rings. The van der Waals surface area contributed by atoms with Crippen molar-refractivity contribution >= 4 is 5.97 Å². The lowest BCUT2D eigenvalue weighted by Crippen LogP contribution is -2.08. The minimum atomic E-state index is -0.835. The number of hydrogen-bond donors (Lipinski definition) is 2. The largest absolute Gasteiger partial charge is 0.481 e. The van der Waals surface area contributed by atoms with Gasteiger partial charge in [0.15, 0.2) is 0 Å². The molecule has 0 aliphatic rings. The Morgan fingerprint density at radius 1 is 1.00 bits per heavy atom. The predicted molar refractivity (Wildman–Crippen MR) is 98.9 cm³/mol. The van der Waals surface area contributed by atoms with E-state index in [1.165, 1.54) is 25.7 Å². The molecule has 4 nitrogen and oxygen atoms in total. The molecule has 0 saturated heterocycles. The van der Waals surface area contributed by atoms with Gasteiger partial charge in [0.1, 0.15) is 6.10 Å². The van der Waals surface area contributed by atoms with Gasteiger partial charge in [-0.05, 0) is 38.5 Å². The molecule has 0 aromatic rings. The van der Waals surface area contributed by atoms with Crippen LogP contribution in [0.15, 0.2) is 48.6 Å². The molecule has 136 valence electrons. The first kappa shape index (κ1) is 22.4. The predicted octanol–water partition coefficient (Wildman–Crippen LogP) is 5.68. The van der Waals surface area contributed by atoms with Crippen LogP contribution < -0.4 is 0 Å². The Labute approximate surface area is 146 Å². The quantitative estimate of drug-likeness (QED) is 0.133. The monoisotopic (exact) mass is 336 g/mol. The van der Waals surface area contributed by atoms with Gasteiger partial charge in [-0.2, -0.15) is 0 Å². The second-order valence-corrected chi connectivity index (χ2v) is 5.65. The Morgan fingerprint density at radius 3 is 2.38 bits per heavy atom. The second kappa shape index (κ2) is 17.7. The molecule has 1 atom stereocenters. The fourth-order valence-corrected chi connectivity index (χ4v) is 2.06. The number of carboxylic acids is 1. The van der Waals surface area contributed by atoms with Crippen molar-refractivity contribution in [2.45, 2.75) is 70.8 Å². The molecule has 0 radical (unpaired) electrons. The van der Waals surface area contributed by atoms with Crippen LogP contribution in [0.5, 0.6) is 0 Å². The lowest BCUT2D eigenvalue weighted by atomic mass is 10.1. The SMILES string of the molecule is CCCCC/C=C\C/C=C\C/C=C/C=C/[C@H](CCCC(=O)O)OO. The maximum Gasteiger partial charge on any atom is 0.303 e. The van der Waals surface area contributed by atoms with Crippen LogP contribution in [0.1, 0.15) is 64.7 Å². The van der Waals surface area contributed by atoms with E-state index in [1.807, 2.05) is 18.2 Å². The van der Waals surface area contributed by atoms with Crippen LogP contribution in [0, 0.1) is 0 Å². The van der Waals surface area contributed by atoms with Crippen molar-refractivity contribution in [2.75, 3.05) is 0 Å². The summed E-state index contributed by atoms with van der Waals surface area (Å²) in [6, 6.07) is 0. The van der Waals surface area contributed by atoms with Crippen LogP contribution >= 0.6 is 0 Å². The Hall–Kier alpha value is -1.65. The molecule has 0 aromatic heterocycles. The molecule has 24 heavy (non-hydrogen) atoms. The number of aliphatic carboxylic acids is 1. The van der Waals surface area contributed by atoms with Crippen LogP contribution in [-0.2, 0) is 9.68 Å². The van der Waals surface area contributed by atoms with Crippen molar-refractivity contribution in [1.82, 2.24) is 0 Å². The molecule has 0 rings (SSSR count). The fraction of sp³-hybridized carbons (Fsp3) is 0.550. The molecule has 0 amide bonds. The van der Waals surface area contributed by atoms with Crippen LogP contribution in [0.25, 0.3) is 0 Å². The molecule has 0 heterocycles. The van der Waals surface area contributed by atoms with Gasteiger partial charge in [0, 0.05) is 6.42 Å². The smallest absolute Gasteiger partial charge is 0.303 e. The summed E-state index contributed by atoms with van der Waals surface area (Å²) in [4.78, 5) is 14.7. The molecule has 0 unspecified atom stereocenters. The standard InChI is InChI=1S/C20H32O4/c1-2-3-4-5-6-7-8-9-10-11-12-13-14-16-19(24-23)17-15-18-20(21)22/h6-7,9-10,12-14,16,19,23H,2-5,8,11,15,17-18H2,1H3,(H,21,22)/b7-6-,10-9-,13-12+,16-14+/t19-/m1/s1. The van der Waals surface area contributed by atoms with E-state index in [4.69, 9.17) is 10.4 Å². The summed E-state index contributed by atoms with van der Waals surface area (Å²) < 4.78 is 0. The fourth-order valence-electron chi connectivity index (χ4n) is 2.06. The number of allylic oxidation sites excluding steroid dienone is 7. The first-order chi connectivity index (χ1) is 11.7. The van der Waals surface area contributed by atoms with E-state index < -0.39 is 12.1 Å². The molecule has 0 aliphatic carbocycles. The zero-order chi connectivity index (χ0) is 17.9. The Bertz CT molecular complexity index is 408. The first-order valence-electron chi connectivity index (χ1n) is 8.86. The Kier molecular flexibility index (Phi) is 16.5. The van der Waals surface area contributed by atoms with Gasteiger partial charge in [0.25, 0.3) is 0 Å².